The second-order valence-corrected chi connectivity index (χ2v) is 8.86. The molecule has 18 heteroatoms. The Morgan fingerprint density at radius 2 is 1.14 bits per heavy atom. The average molecular weight is 635 g/mol. The summed E-state index contributed by atoms with van der Waals surface area (Å²) in [5.41, 5.74) is 1.00. The van der Waals surface area contributed by atoms with Crippen molar-refractivity contribution in [2.75, 3.05) is 66.1 Å². The molecule has 42 heavy (non-hydrogen) atoms. The Morgan fingerprint density at radius 1 is 0.667 bits per heavy atom. The highest BCUT2D eigenvalue weighted by atomic mass is 19.3. The number of rotatable bonds is 24. The summed E-state index contributed by atoms with van der Waals surface area (Å²) in [5.74, 6) is -2.91. The number of halogens is 8. The summed E-state index contributed by atoms with van der Waals surface area (Å²) < 4.78 is 137. The van der Waals surface area contributed by atoms with E-state index < -0.39 is 89.3 Å². The monoisotopic (exact) mass is 634 g/mol. The van der Waals surface area contributed by atoms with Crippen molar-refractivity contribution < 1.29 is 83.6 Å². The van der Waals surface area contributed by atoms with Crippen molar-refractivity contribution in [2.24, 2.45) is 0 Å². The van der Waals surface area contributed by atoms with Crippen LogP contribution in [0.1, 0.15) is 12.0 Å². The molecule has 0 aliphatic heterocycles. The van der Waals surface area contributed by atoms with Gasteiger partial charge >= 0.3 is 18.5 Å². The first kappa shape index (κ1) is 38.1. The van der Waals surface area contributed by atoms with Crippen LogP contribution >= 0.6 is 0 Å². The normalized spacial score (nSPS) is 14.7. The van der Waals surface area contributed by atoms with Gasteiger partial charge in [0.1, 0.15) is 44.4 Å². The van der Waals surface area contributed by atoms with E-state index in [4.69, 9.17) is 14.6 Å². The Bertz CT molecular complexity index is 864. The molecule has 0 saturated heterocycles. The predicted molar refractivity (Wildman–Crippen MR) is 126 cm³/mol. The number of aliphatic hydroxyl groups excluding tert-OH is 3. The van der Waals surface area contributed by atoms with Gasteiger partial charge < -0.3 is 39.0 Å². The SMILES string of the molecule is Cc1ccc(OCC(O)COCCOCC(F)(F)OC(F)(F)OC(F)(F)COCC(O)COCC(F)(F)CCO)cc1. The lowest BCUT2D eigenvalue weighted by Gasteiger charge is -2.26. The van der Waals surface area contributed by atoms with Gasteiger partial charge in [0.05, 0.1) is 33.0 Å². The maximum absolute atomic E-state index is 13.6. The number of benzene rings is 1. The van der Waals surface area contributed by atoms with E-state index in [1.54, 1.807) is 24.3 Å². The second-order valence-electron chi connectivity index (χ2n) is 8.86. The minimum atomic E-state index is -5.52. The van der Waals surface area contributed by atoms with Crippen LogP contribution in [0.4, 0.5) is 35.1 Å². The quantitative estimate of drug-likeness (QED) is 0.0889. The van der Waals surface area contributed by atoms with Gasteiger partial charge in [-0.2, -0.15) is 17.6 Å². The van der Waals surface area contributed by atoms with Crippen LogP contribution in [0.3, 0.4) is 0 Å². The summed E-state index contributed by atoms with van der Waals surface area (Å²) in [5, 5.41) is 27.7. The van der Waals surface area contributed by atoms with Crippen LogP contribution in [0.15, 0.2) is 24.3 Å². The third-order valence-electron chi connectivity index (χ3n) is 4.63. The third-order valence-corrected chi connectivity index (χ3v) is 4.63. The zero-order chi connectivity index (χ0) is 31.9. The third kappa shape index (κ3) is 18.6. The first-order valence-electron chi connectivity index (χ1n) is 12.3. The van der Waals surface area contributed by atoms with E-state index in [9.17, 15) is 45.3 Å². The van der Waals surface area contributed by atoms with Crippen molar-refractivity contribution >= 4 is 0 Å². The second kappa shape index (κ2) is 18.0. The molecule has 10 nitrogen and oxygen atoms in total. The standard InChI is InChI=1S/C24H34F8O10/c1-17-2-4-20(5-3-17)40-13-19(35)10-36-8-9-37-15-22(27,28)41-24(31,32)42-23(29,30)16-39-12-18(34)11-38-14-21(25,26)6-7-33/h2-5,18-19,33-35H,6-16H2,1H3. The Balaban J connectivity index is 2.25. The summed E-state index contributed by atoms with van der Waals surface area (Å²) in [6.07, 6.45) is -18.9. The lowest BCUT2D eigenvalue weighted by Crippen LogP contribution is -2.44. The Morgan fingerprint density at radius 3 is 1.71 bits per heavy atom. The summed E-state index contributed by atoms with van der Waals surface area (Å²) in [7, 11) is 0. The number of aliphatic hydroxyl groups is 3. The average Bonchev–Trinajstić information content (AvgIpc) is 2.84. The summed E-state index contributed by atoms with van der Waals surface area (Å²) in [4.78, 5) is 0. The zero-order valence-electron chi connectivity index (χ0n) is 22.5. The largest absolute Gasteiger partial charge is 0.495 e. The molecule has 1 aromatic rings. The van der Waals surface area contributed by atoms with Crippen molar-refractivity contribution in [3.63, 3.8) is 0 Å². The fourth-order valence-electron chi connectivity index (χ4n) is 2.77. The van der Waals surface area contributed by atoms with Gasteiger partial charge in [-0.3, -0.25) is 0 Å². The van der Waals surface area contributed by atoms with Gasteiger partial charge in [-0.25, -0.2) is 18.3 Å². The van der Waals surface area contributed by atoms with Gasteiger partial charge in [0.2, 0.25) is 0 Å². The smallest absolute Gasteiger partial charge is 0.491 e. The molecule has 3 N–H and O–H groups in total. The number of ether oxygens (including phenoxy) is 7. The van der Waals surface area contributed by atoms with Crippen LogP contribution in [0.2, 0.25) is 0 Å². The van der Waals surface area contributed by atoms with Gasteiger partial charge in [0, 0.05) is 13.0 Å². The maximum Gasteiger partial charge on any atom is 0.495 e. The molecule has 0 amide bonds. The Hall–Kier alpha value is -1.90. The highest BCUT2D eigenvalue weighted by Crippen LogP contribution is 2.33. The molecular weight excluding hydrogens is 600 g/mol. The van der Waals surface area contributed by atoms with Crippen LogP contribution in [-0.4, -0.2) is 118 Å². The molecule has 0 heterocycles. The summed E-state index contributed by atoms with van der Waals surface area (Å²) in [6, 6.07) is 6.96. The Labute approximate surface area is 236 Å². The van der Waals surface area contributed by atoms with Gasteiger partial charge in [-0.1, -0.05) is 17.7 Å². The van der Waals surface area contributed by atoms with Gasteiger partial charge in [-0.05, 0) is 19.1 Å². The Kier molecular flexibility index (Phi) is 16.4. The van der Waals surface area contributed by atoms with Crippen molar-refractivity contribution in [2.45, 2.75) is 50.0 Å². The lowest BCUT2D eigenvalue weighted by molar-refractivity contribution is -0.518. The highest BCUT2D eigenvalue weighted by Gasteiger charge is 2.52. The molecule has 0 spiro atoms. The number of aryl methyl sites for hydroxylation is 1. The topological polar surface area (TPSA) is 125 Å². The fourth-order valence-corrected chi connectivity index (χ4v) is 2.77. The summed E-state index contributed by atoms with van der Waals surface area (Å²) >= 11 is 0. The van der Waals surface area contributed by atoms with Crippen molar-refractivity contribution in [3.05, 3.63) is 29.8 Å². The van der Waals surface area contributed by atoms with Crippen LogP contribution in [-0.2, 0) is 28.4 Å². The van der Waals surface area contributed by atoms with Crippen LogP contribution in [0, 0.1) is 6.92 Å². The lowest BCUT2D eigenvalue weighted by atomic mass is 10.2. The van der Waals surface area contributed by atoms with Crippen molar-refractivity contribution in [1.29, 1.82) is 0 Å². The molecular formula is C24H34F8O10. The molecule has 2 unspecified atom stereocenters. The molecule has 0 radical (unpaired) electrons. The molecule has 0 aromatic heterocycles. The van der Waals surface area contributed by atoms with E-state index in [2.05, 4.69) is 23.7 Å². The van der Waals surface area contributed by atoms with Gasteiger partial charge in [0.15, 0.2) is 0 Å². The van der Waals surface area contributed by atoms with Crippen molar-refractivity contribution in [3.8, 4) is 5.75 Å². The van der Waals surface area contributed by atoms with E-state index >= 15 is 0 Å². The molecule has 0 saturated carbocycles. The molecule has 0 aliphatic rings. The van der Waals surface area contributed by atoms with E-state index in [1.807, 2.05) is 6.92 Å². The van der Waals surface area contributed by atoms with E-state index in [1.165, 1.54) is 0 Å². The van der Waals surface area contributed by atoms with Crippen LogP contribution < -0.4 is 4.74 Å². The van der Waals surface area contributed by atoms with E-state index in [-0.39, 0.29) is 19.8 Å². The molecule has 0 bridgehead atoms. The highest BCUT2D eigenvalue weighted by molar-refractivity contribution is 5.26. The van der Waals surface area contributed by atoms with Crippen molar-refractivity contribution in [1.82, 2.24) is 0 Å². The minimum absolute atomic E-state index is 0.136. The first-order valence-corrected chi connectivity index (χ1v) is 12.3. The van der Waals surface area contributed by atoms with Gasteiger partial charge in [-0.15, -0.1) is 8.78 Å². The molecule has 2 atom stereocenters. The molecule has 246 valence electrons. The van der Waals surface area contributed by atoms with E-state index in [0.717, 1.165) is 5.56 Å². The molecule has 0 fully saturated rings. The number of hydrogen-bond donors (Lipinski definition) is 3. The van der Waals surface area contributed by atoms with Gasteiger partial charge in [0.25, 0.3) is 5.92 Å². The molecule has 1 aromatic carbocycles. The fraction of sp³-hybridized carbons (Fsp3) is 0.750. The minimum Gasteiger partial charge on any atom is -0.491 e. The van der Waals surface area contributed by atoms with Crippen LogP contribution in [0.5, 0.6) is 5.75 Å². The predicted octanol–water partition coefficient (Wildman–Crippen LogP) is 2.95. The summed E-state index contributed by atoms with van der Waals surface area (Å²) in [6.45, 7) is -7.03. The van der Waals surface area contributed by atoms with Crippen LogP contribution in [0.25, 0.3) is 0 Å². The first-order chi connectivity index (χ1) is 19.4. The maximum atomic E-state index is 13.6. The zero-order valence-corrected chi connectivity index (χ0v) is 22.5. The molecule has 1 rings (SSSR count). The number of alkyl halides is 8. The number of hydrogen-bond acceptors (Lipinski definition) is 10. The molecule has 0 aliphatic carbocycles. The van der Waals surface area contributed by atoms with E-state index in [0.29, 0.717) is 5.75 Å².